The maximum Gasteiger partial charge on any atom is 0.274 e. The lowest BCUT2D eigenvalue weighted by Crippen LogP contribution is -2.40. The molecule has 0 radical (unpaired) electrons. The van der Waals surface area contributed by atoms with Gasteiger partial charge in [0, 0.05) is 38.9 Å². The lowest BCUT2D eigenvalue weighted by molar-refractivity contribution is -0.121. The highest BCUT2D eigenvalue weighted by molar-refractivity contribution is 5.92. The normalized spacial score (nSPS) is 16.3. The van der Waals surface area contributed by atoms with Crippen molar-refractivity contribution in [2.45, 2.75) is 64.9 Å². The summed E-state index contributed by atoms with van der Waals surface area (Å²) in [6.07, 6.45) is 9.84. The molecular formula is C20H32N4O3. The van der Waals surface area contributed by atoms with Crippen LogP contribution in [0.1, 0.15) is 68.1 Å². The van der Waals surface area contributed by atoms with Gasteiger partial charge in [-0.25, -0.2) is 4.98 Å². The van der Waals surface area contributed by atoms with Crippen LogP contribution in [0.25, 0.3) is 0 Å². The van der Waals surface area contributed by atoms with Crippen LogP contribution in [0.2, 0.25) is 0 Å². The molecular weight excluding hydrogens is 344 g/mol. The maximum atomic E-state index is 12.8. The van der Waals surface area contributed by atoms with E-state index in [9.17, 15) is 9.59 Å². The van der Waals surface area contributed by atoms with Crippen molar-refractivity contribution in [2.75, 3.05) is 26.2 Å². The van der Waals surface area contributed by atoms with Crippen molar-refractivity contribution in [1.82, 2.24) is 20.2 Å². The molecule has 1 N–H and O–H groups in total. The van der Waals surface area contributed by atoms with Gasteiger partial charge in [-0.05, 0) is 26.2 Å². The molecule has 27 heavy (non-hydrogen) atoms. The minimum absolute atomic E-state index is 0.0216. The molecule has 0 aromatic carbocycles. The van der Waals surface area contributed by atoms with Gasteiger partial charge in [-0.3, -0.25) is 14.6 Å². The van der Waals surface area contributed by atoms with Crippen LogP contribution in [-0.4, -0.2) is 59.0 Å². The van der Waals surface area contributed by atoms with E-state index < -0.39 is 0 Å². The summed E-state index contributed by atoms with van der Waals surface area (Å²) in [5.74, 6) is -0.222. The minimum Gasteiger partial charge on any atom is -0.376 e. The van der Waals surface area contributed by atoms with Crippen LogP contribution in [0.3, 0.4) is 0 Å². The predicted molar refractivity (Wildman–Crippen MR) is 103 cm³/mol. The molecule has 1 fully saturated rings. The van der Waals surface area contributed by atoms with Gasteiger partial charge in [0.1, 0.15) is 5.69 Å². The zero-order valence-electron chi connectivity index (χ0n) is 16.6. The quantitative estimate of drug-likeness (QED) is 0.600. The summed E-state index contributed by atoms with van der Waals surface area (Å²) in [4.78, 5) is 34.9. The van der Waals surface area contributed by atoms with E-state index in [1.807, 2.05) is 6.92 Å². The third-order valence-electron chi connectivity index (χ3n) is 4.70. The Kier molecular flexibility index (Phi) is 9.18. The Morgan fingerprint density at radius 1 is 1.26 bits per heavy atom. The standard InChI is InChI=1S/C20H32N4O3/c1-3-4-5-6-10-21-19(25)9-11-24(15-17-8-7-12-27-17)20(26)18-14-22-16(2)13-23-18/h13-14,17H,3-12,15H2,1-2H3,(H,21,25)/t17-/m1/s1. The number of amides is 2. The van der Waals surface area contributed by atoms with Crippen molar-refractivity contribution in [3.8, 4) is 0 Å². The summed E-state index contributed by atoms with van der Waals surface area (Å²) in [6.45, 7) is 6.26. The Morgan fingerprint density at radius 2 is 2.11 bits per heavy atom. The van der Waals surface area contributed by atoms with Crippen molar-refractivity contribution in [2.24, 2.45) is 0 Å². The third kappa shape index (κ3) is 7.62. The van der Waals surface area contributed by atoms with Crippen molar-refractivity contribution in [3.63, 3.8) is 0 Å². The summed E-state index contributed by atoms with van der Waals surface area (Å²) >= 11 is 0. The van der Waals surface area contributed by atoms with Crippen LogP contribution >= 0.6 is 0 Å². The first-order chi connectivity index (χ1) is 13.1. The number of nitrogens with one attached hydrogen (secondary N) is 1. The first-order valence-electron chi connectivity index (χ1n) is 10.1. The Labute approximate surface area is 161 Å². The molecule has 0 unspecified atom stereocenters. The van der Waals surface area contributed by atoms with Gasteiger partial charge >= 0.3 is 0 Å². The average molecular weight is 377 g/mol. The van der Waals surface area contributed by atoms with Gasteiger partial charge in [-0.2, -0.15) is 0 Å². The van der Waals surface area contributed by atoms with Crippen LogP contribution in [0.15, 0.2) is 12.4 Å². The maximum absolute atomic E-state index is 12.8. The molecule has 0 spiro atoms. The van der Waals surface area contributed by atoms with Gasteiger partial charge in [-0.15, -0.1) is 0 Å². The largest absolute Gasteiger partial charge is 0.376 e. The molecule has 1 aromatic rings. The lowest BCUT2D eigenvalue weighted by Gasteiger charge is -2.25. The SMILES string of the molecule is CCCCCCNC(=O)CCN(C[C@H]1CCCO1)C(=O)c1cnc(C)cn1. The number of aryl methyl sites for hydroxylation is 1. The van der Waals surface area contributed by atoms with Crippen LogP contribution < -0.4 is 5.32 Å². The number of carbonyl (C=O) groups excluding carboxylic acids is 2. The van der Waals surface area contributed by atoms with Gasteiger partial charge in [0.15, 0.2) is 0 Å². The van der Waals surface area contributed by atoms with Crippen LogP contribution in [-0.2, 0) is 9.53 Å². The average Bonchev–Trinajstić information content (AvgIpc) is 3.18. The van der Waals surface area contributed by atoms with Crippen molar-refractivity contribution in [1.29, 1.82) is 0 Å². The molecule has 0 aliphatic carbocycles. The second-order valence-electron chi connectivity index (χ2n) is 7.09. The third-order valence-corrected chi connectivity index (χ3v) is 4.70. The Hall–Kier alpha value is -2.02. The number of carbonyl (C=O) groups is 2. The molecule has 2 amide bonds. The molecule has 1 aliphatic heterocycles. The van der Waals surface area contributed by atoms with Crippen molar-refractivity contribution in [3.05, 3.63) is 23.8 Å². The minimum atomic E-state index is -0.200. The summed E-state index contributed by atoms with van der Waals surface area (Å²) < 4.78 is 5.67. The summed E-state index contributed by atoms with van der Waals surface area (Å²) in [5, 5.41) is 2.94. The Morgan fingerprint density at radius 3 is 2.78 bits per heavy atom. The zero-order chi connectivity index (χ0) is 19.5. The van der Waals surface area contributed by atoms with E-state index in [0.717, 1.165) is 38.0 Å². The fourth-order valence-corrected chi connectivity index (χ4v) is 3.08. The monoisotopic (exact) mass is 376 g/mol. The first kappa shape index (κ1) is 21.3. The smallest absolute Gasteiger partial charge is 0.274 e. The van der Waals surface area contributed by atoms with E-state index in [4.69, 9.17) is 4.74 Å². The van der Waals surface area contributed by atoms with Gasteiger partial charge in [-0.1, -0.05) is 26.2 Å². The van der Waals surface area contributed by atoms with Gasteiger partial charge in [0.05, 0.1) is 18.0 Å². The molecule has 0 bridgehead atoms. The second kappa shape index (κ2) is 11.6. The van der Waals surface area contributed by atoms with E-state index in [-0.39, 0.29) is 24.3 Å². The molecule has 2 heterocycles. The Bertz CT molecular complexity index is 585. The van der Waals surface area contributed by atoms with Crippen molar-refractivity contribution >= 4 is 11.8 Å². The van der Waals surface area contributed by atoms with Crippen LogP contribution in [0.4, 0.5) is 0 Å². The van der Waals surface area contributed by atoms with Gasteiger partial charge in [0.2, 0.25) is 5.91 Å². The molecule has 1 aliphatic rings. The molecule has 2 rings (SSSR count). The predicted octanol–water partition coefficient (Wildman–Crippen LogP) is 2.49. The lowest BCUT2D eigenvalue weighted by atomic mass is 10.2. The molecule has 150 valence electrons. The topological polar surface area (TPSA) is 84.4 Å². The molecule has 0 saturated carbocycles. The molecule has 7 nitrogen and oxygen atoms in total. The number of unbranched alkanes of at least 4 members (excludes halogenated alkanes) is 3. The van der Waals surface area contributed by atoms with Gasteiger partial charge < -0.3 is 15.0 Å². The van der Waals surface area contributed by atoms with Crippen molar-refractivity contribution < 1.29 is 14.3 Å². The number of aromatic nitrogens is 2. The number of hydrogen-bond acceptors (Lipinski definition) is 5. The first-order valence-corrected chi connectivity index (χ1v) is 10.1. The molecule has 1 saturated heterocycles. The van der Waals surface area contributed by atoms with E-state index >= 15 is 0 Å². The highest BCUT2D eigenvalue weighted by atomic mass is 16.5. The summed E-state index contributed by atoms with van der Waals surface area (Å²) in [6, 6.07) is 0. The van der Waals surface area contributed by atoms with Gasteiger partial charge in [0.25, 0.3) is 5.91 Å². The second-order valence-corrected chi connectivity index (χ2v) is 7.09. The highest BCUT2D eigenvalue weighted by Gasteiger charge is 2.24. The number of ether oxygens (including phenoxy) is 1. The van der Waals surface area contributed by atoms with Crippen LogP contribution in [0, 0.1) is 6.92 Å². The van der Waals surface area contributed by atoms with E-state index in [0.29, 0.717) is 25.3 Å². The number of rotatable bonds is 11. The fourth-order valence-electron chi connectivity index (χ4n) is 3.08. The van der Waals surface area contributed by atoms with Crippen LogP contribution in [0.5, 0.6) is 0 Å². The fraction of sp³-hybridized carbons (Fsp3) is 0.700. The van der Waals surface area contributed by atoms with E-state index in [2.05, 4.69) is 22.2 Å². The zero-order valence-corrected chi connectivity index (χ0v) is 16.6. The summed E-state index contributed by atoms with van der Waals surface area (Å²) in [7, 11) is 0. The summed E-state index contributed by atoms with van der Waals surface area (Å²) in [5.41, 5.74) is 1.07. The molecule has 1 aromatic heterocycles. The highest BCUT2D eigenvalue weighted by Crippen LogP contribution is 2.15. The van der Waals surface area contributed by atoms with E-state index in [1.54, 1.807) is 11.1 Å². The number of hydrogen-bond donors (Lipinski definition) is 1. The molecule has 7 heteroatoms. The molecule has 1 atom stereocenters. The van der Waals surface area contributed by atoms with E-state index in [1.165, 1.54) is 19.0 Å². The Balaban J connectivity index is 1.86. The number of nitrogens with zero attached hydrogens (tertiary/aromatic N) is 3.